The van der Waals surface area contributed by atoms with Crippen LogP contribution in [0.25, 0.3) is 0 Å². The summed E-state index contributed by atoms with van der Waals surface area (Å²) >= 11 is 0. The number of nitrogens with one attached hydrogen (secondary N) is 1. The van der Waals surface area contributed by atoms with Gasteiger partial charge in [-0.2, -0.15) is 0 Å². The van der Waals surface area contributed by atoms with E-state index in [9.17, 15) is 4.79 Å². The molecule has 1 N–H and O–H groups in total. The molecule has 1 amide bonds. The van der Waals surface area contributed by atoms with Crippen molar-refractivity contribution in [3.05, 3.63) is 54.2 Å². The first kappa shape index (κ1) is 15.8. The zero-order valence-electron chi connectivity index (χ0n) is 13.0. The molecule has 0 spiro atoms. The van der Waals surface area contributed by atoms with Gasteiger partial charge < -0.3 is 9.47 Å². The lowest BCUT2D eigenvalue weighted by Crippen LogP contribution is -2.27. The fraction of sp³-hybridized carbons (Fsp3) is 0.294. The second-order valence-electron chi connectivity index (χ2n) is 5.78. The van der Waals surface area contributed by atoms with E-state index in [-0.39, 0.29) is 0 Å². The van der Waals surface area contributed by atoms with Gasteiger partial charge in [0.2, 0.25) is 0 Å². The summed E-state index contributed by atoms with van der Waals surface area (Å²) < 4.78 is 10.8. The Morgan fingerprint density at radius 1 is 1.14 bits per heavy atom. The van der Waals surface area contributed by atoms with E-state index in [4.69, 9.17) is 9.47 Å². The first-order chi connectivity index (χ1) is 10.4. The maximum atomic E-state index is 11.6. The van der Waals surface area contributed by atoms with Gasteiger partial charge >= 0.3 is 6.09 Å². The SMILES string of the molecule is CC(C)(C)OC(=O)Nc1ccc(OCc2ccccc2)cn1. The molecule has 0 aliphatic carbocycles. The lowest BCUT2D eigenvalue weighted by atomic mass is 10.2. The molecule has 1 heterocycles. The van der Waals surface area contributed by atoms with Gasteiger partial charge in [0.25, 0.3) is 0 Å². The number of benzene rings is 1. The van der Waals surface area contributed by atoms with Gasteiger partial charge in [-0.05, 0) is 38.5 Å². The average Bonchev–Trinajstić information content (AvgIpc) is 2.45. The van der Waals surface area contributed by atoms with Crippen molar-refractivity contribution in [2.45, 2.75) is 33.0 Å². The second kappa shape index (κ2) is 6.93. The molecule has 2 rings (SSSR count). The smallest absolute Gasteiger partial charge is 0.413 e. The molecular weight excluding hydrogens is 280 g/mol. The van der Waals surface area contributed by atoms with Gasteiger partial charge in [-0.15, -0.1) is 0 Å². The highest BCUT2D eigenvalue weighted by Gasteiger charge is 2.16. The van der Waals surface area contributed by atoms with Crippen molar-refractivity contribution in [2.24, 2.45) is 0 Å². The molecule has 22 heavy (non-hydrogen) atoms. The summed E-state index contributed by atoms with van der Waals surface area (Å²) in [6.07, 6.45) is 1.04. The second-order valence-corrected chi connectivity index (χ2v) is 5.78. The Bertz CT molecular complexity index is 604. The van der Waals surface area contributed by atoms with E-state index in [1.54, 1.807) is 39.1 Å². The van der Waals surface area contributed by atoms with Crippen molar-refractivity contribution >= 4 is 11.9 Å². The van der Waals surface area contributed by atoms with Crippen LogP contribution in [0.3, 0.4) is 0 Å². The Balaban J connectivity index is 1.86. The Morgan fingerprint density at radius 3 is 2.45 bits per heavy atom. The summed E-state index contributed by atoms with van der Waals surface area (Å²) in [5.41, 5.74) is 0.543. The summed E-state index contributed by atoms with van der Waals surface area (Å²) in [5.74, 6) is 1.06. The van der Waals surface area contributed by atoms with Crippen LogP contribution in [0.5, 0.6) is 5.75 Å². The molecule has 0 aliphatic rings. The van der Waals surface area contributed by atoms with Crippen LogP contribution in [0.15, 0.2) is 48.7 Å². The number of amides is 1. The van der Waals surface area contributed by atoms with Gasteiger partial charge in [0, 0.05) is 0 Å². The van der Waals surface area contributed by atoms with Crippen molar-refractivity contribution < 1.29 is 14.3 Å². The van der Waals surface area contributed by atoms with Crippen LogP contribution in [-0.2, 0) is 11.3 Å². The minimum absolute atomic E-state index is 0.418. The molecule has 2 aromatic rings. The third-order valence-corrected chi connectivity index (χ3v) is 2.61. The maximum Gasteiger partial charge on any atom is 0.413 e. The topological polar surface area (TPSA) is 60.5 Å². The van der Waals surface area contributed by atoms with Gasteiger partial charge in [0.15, 0.2) is 0 Å². The molecule has 0 unspecified atom stereocenters. The zero-order valence-corrected chi connectivity index (χ0v) is 13.0. The normalized spacial score (nSPS) is 10.9. The monoisotopic (exact) mass is 300 g/mol. The van der Waals surface area contributed by atoms with E-state index in [2.05, 4.69) is 10.3 Å². The van der Waals surface area contributed by atoms with Crippen LogP contribution in [0.1, 0.15) is 26.3 Å². The number of ether oxygens (including phenoxy) is 2. The Labute approximate surface area is 130 Å². The van der Waals surface area contributed by atoms with Gasteiger partial charge in [-0.3, -0.25) is 5.32 Å². The van der Waals surface area contributed by atoms with Crippen molar-refractivity contribution in [1.82, 2.24) is 4.98 Å². The van der Waals surface area contributed by atoms with Gasteiger partial charge in [0.05, 0.1) is 6.20 Å². The Kier molecular flexibility index (Phi) is 4.99. The van der Waals surface area contributed by atoms with Crippen molar-refractivity contribution in [1.29, 1.82) is 0 Å². The molecule has 116 valence electrons. The van der Waals surface area contributed by atoms with Crippen LogP contribution in [-0.4, -0.2) is 16.7 Å². The molecule has 0 aliphatic heterocycles. The maximum absolute atomic E-state index is 11.6. The fourth-order valence-electron chi connectivity index (χ4n) is 1.69. The number of aromatic nitrogens is 1. The summed E-state index contributed by atoms with van der Waals surface area (Å²) in [4.78, 5) is 15.7. The zero-order chi connectivity index (χ0) is 16.0. The van der Waals surface area contributed by atoms with Crippen LogP contribution >= 0.6 is 0 Å². The van der Waals surface area contributed by atoms with E-state index in [1.165, 1.54) is 0 Å². The van der Waals surface area contributed by atoms with Gasteiger partial charge in [-0.25, -0.2) is 9.78 Å². The Hall–Kier alpha value is -2.56. The van der Waals surface area contributed by atoms with E-state index in [0.717, 1.165) is 5.56 Å². The third kappa shape index (κ3) is 5.44. The van der Waals surface area contributed by atoms with Crippen LogP contribution in [0.4, 0.5) is 10.6 Å². The Morgan fingerprint density at radius 2 is 1.86 bits per heavy atom. The molecule has 0 atom stereocenters. The molecule has 0 fully saturated rings. The third-order valence-electron chi connectivity index (χ3n) is 2.61. The molecule has 1 aromatic heterocycles. The quantitative estimate of drug-likeness (QED) is 0.927. The molecule has 0 radical (unpaired) electrons. The van der Waals surface area contributed by atoms with Crippen LogP contribution in [0.2, 0.25) is 0 Å². The molecule has 0 saturated heterocycles. The highest BCUT2D eigenvalue weighted by atomic mass is 16.6. The first-order valence-corrected chi connectivity index (χ1v) is 7.05. The number of hydrogen-bond acceptors (Lipinski definition) is 4. The standard InChI is InChI=1S/C17H20N2O3/c1-17(2,3)22-16(20)19-15-10-9-14(11-18-15)21-12-13-7-5-4-6-8-13/h4-11H,12H2,1-3H3,(H,18,19,20). The predicted molar refractivity (Wildman–Crippen MR) is 84.9 cm³/mol. The lowest BCUT2D eigenvalue weighted by molar-refractivity contribution is 0.0635. The van der Waals surface area contributed by atoms with Crippen LogP contribution in [0, 0.1) is 0 Å². The van der Waals surface area contributed by atoms with E-state index in [0.29, 0.717) is 18.2 Å². The highest BCUT2D eigenvalue weighted by molar-refractivity contribution is 5.83. The predicted octanol–water partition coefficient (Wildman–Crippen LogP) is 4.01. The van der Waals surface area contributed by atoms with Gasteiger partial charge in [-0.1, -0.05) is 30.3 Å². The molecule has 5 nitrogen and oxygen atoms in total. The number of carbonyl (C=O) groups excluding carboxylic acids is 1. The minimum atomic E-state index is -0.539. The van der Waals surface area contributed by atoms with Gasteiger partial charge in [0.1, 0.15) is 23.8 Å². The first-order valence-electron chi connectivity index (χ1n) is 7.05. The number of carbonyl (C=O) groups is 1. The molecule has 0 bridgehead atoms. The largest absolute Gasteiger partial charge is 0.487 e. The van der Waals surface area contributed by atoms with Crippen LogP contribution < -0.4 is 10.1 Å². The number of nitrogens with zero attached hydrogens (tertiary/aromatic N) is 1. The molecule has 5 heteroatoms. The summed E-state index contributed by atoms with van der Waals surface area (Å²) in [7, 11) is 0. The summed E-state index contributed by atoms with van der Waals surface area (Å²) in [6.45, 7) is 5.89. The summed E-state index contributed by atoms with van der Waals surface area (Å²) in [5, 5.41) is 2.57. The molecular formula is C17H20N2O3. The fourth-order valence-corrected chi connectivity index (χ4v) is 1.69. The summed E-state index contributed by atoms with van der Waals surface area (Å²) in [6, 6.07) is 13.3. The number of pyridine rings is 1. The van der Waals surface area contributed by atoms with E-state index in [1.807, 2.05) is 30.3 Å². The minimum Gasteiger partial charge on any atom is -0.487 e. The van der Waals surface area contributed by atoms with E-state index < -0.39 is 11.7 Å². The molecule has 1 aromatic carbocycles. The van der Waals surface area contributed by atoms with Crippen molar-refractivity contribution in [3.8, 4) is 5.75 Å². The molecule has 0 saturated carbocycles. The highest BCUT2D eigenvalue weighted by Crippen LogP contribution is 2.15. The number of hydrogen-bond donors (Lipinski definition) is 1. The van der Waals surface area contributed by atoms with Crippen molar-refractivity contribution in [2.75, 3.05) is 5.32 Å². The average molecular weight is 300 g/mol. The number of anilines is 1. The lowest BCUT2D eigenvalue weighted by Gasteiger charge is -2.19. The number of rotatable bonds is 4. The van der Waals surface area contributed by atoms with Crippen molar-refractivity contribution in [3.63, 3.8) is 0 Å². The van der Waals surface area contributed by atoms with E-state index >= 15 is 0 Å².